The lowest BCUT2D eigenvalue weighted by Crippen LogP contribution is -2.35. The van der Waals surface area contributed by atoms with Crippen molar-refractivity contribution in [3.05, 3.63) is 52.6 Å². The summed E-state index contributed by atoms with van der Waals surface area (Å²) in [5.41, 5.74) is 3.46. The van der Waals surface area contributed by atoms with Gasteiger partial charge in [0.25, 0.3) is 0 Å². The number of carboxylic acid groups (broad SMARTS) is 1. The van der Waals surface area contributed by atoms with Crippen molar-refractivity contribution in [3.63, 3.8) is 0 Å². The number of carboxylic acids is 1. The smallest absolute Gasteiger partial charge is 0.310 e. The maximum atomic E-state index is 12.6. The summed E-state index contributed by atoms with van der Waals surface area (Å²) in [6.45, 7) is 3.96. The quantitative estimate of drug-likeness (QED) is 0.648. The molecule has 27 heavy (non-hydrogen) atoms. The van der Waals surface area contributed by atoms with Gasteiger partial charge in [-0.05, 0) is 56.0 Å². The molecule has 0 heterocycles. The normalized spacial score (nSPS) is 26.4. The molecule has 2 aliphatic carbocycles. The number of aliphatic carboxylic acids is 1. The van der Waals surface area contributed by atoms with Crippen LogP contribution in [0.4, 0.5) is 0 Å². The third-order valence-corrected chi connectivity index (χ3v) is 5.38. The van der Waals surface area contributed by atoms with Gasteiger partial charge in [-0.1, -0.05) is 36.6 Å². The number of carbonyl (C=O) groups excluding carboxylic acids is 2. The van der Waals surface area contributed by atoms with Gasteiger partial charge in [0.2, 0.25) is 0 Å². The van der Waals surface area contributed by atoms with Gasteiger partial charge in [-0.25, -0.2) is 0 Å². The Morgan fingerprint density at radius 1 is 1.15 bits per heavy atom. The number of allylic oxidation sites excluding steroid dienone is 1. The summed E-state index contributed by atoms with van der Waals surface area (Å²) in [5.74, 6) is -3.04. The molecule has 0 spiro atoms. The number of hydrogen-bond donors (Lipinski definition) is 1. The van der Waals surface area contributed by atoms with E-state index in [1.807, 2.05) is 32.0 Å². The number of ketones is 1. The summed E-state index contributed by atoms with van der Waals surface area (Å²) in [4.78, 5) is 36.3. The monoisotopic (exact) mass is 368 g/mol. The SMILES string of the molecule is Cc1ccc(C=C2C(=O)C=CC2OC(=O)C2CCCCC2C(=O)O)c(C)c1. The first-order valence-electron chi connectivity index (χ1n) is 9.31. The van der Waals surface area contributed by atoms with Crippen molar-refractivity contribution in [1.29, 1.82) is 0 Å². The van der Waals surface area contributed by atoms with E-state index >= 15 is 0 Å². The van der Waals surface area contributed by atoms with Gasteiger partial charge in [-0.3, -0.25) is 14.4 Å². The van der Waals surface area contributed by atoms with Crippen molar-refractivity contribution < 1.29 is 24.2 Å². The zero-order valence-electron chi connectivity index (χ0n) is 15.6. The van der Waals surface area contributed by atoms with Crippen LogP contribution in [0.5, 0.6) is 0 Å². The third-order valence-electron chi connectivity index (χ3n) is 5.38. The molecular formula is C22H24O5. The molecule has 1 N–H and O–H groups in total. The summed E-state index contributed by atoms with van der Waals surface area (Å²) < 4.78 is 5.57. The second kappa shape index (κ2) is 7.91. The molecule has 0 saturated heterocycles. The summed E-state index contributed by atoms with van der Waals surface area (Å²) in [6, 6.07) is 5.93. The molecule has 0 amide bonds. The standard InChI is InChI=1S/C22H24O5/c1-13-7-8-15(14(2)11-13)12-18-19(23)9-10-20(18)27-22(26)17-6-4-3-5-16(17)21(24)25/h7-12,16-17,20H,3-6H2,1-2H3,(H,24,25). The first kappa shape index (κ1) is 19.1. The van der Waals surface area contributed by atoms with Gasteiger partial charge in [-0.2, -0.15) is 0 Å². The molecule has 3 unspecified atom stereocenters. The molecule has 0 bridgehead atoms. The molecule has 3 atom stereocenters. The predicted octanol–water partition coefficient (Wildman–Crippen LogP) is 3.63. The van der Waals surface area contributed by atoms with Gasteiger partial charge in [-0.15, -0.1) is 0 Å². The first-order valence-corrected chi connectivity index (χ1v) is 9.31. The van der Waals surface area contributed by atoms with Crippen molar-refractivity contribution in [3.8, 4) is 0 Å². The van der Waals surface area contributed by atoms with E-state index in [9.17, 15) is 19.5 Å². The fourth-order valence-electron chi connectivity index (χ4n) is 3.85. The summed E-state index contributed by atoms with van der Waals surface area (Å²) in [7, 11) is 0. The molecule has 1 fully saturated rings. The number of rotatable bonds is 4. The van der Waals surface area contributed by atoms with E-state index in [0.29, 0.717) is 18.4 Å². The lowest BCUT2D eigenvalue weighted by atomic mass is 9.79. The van der Waals surface area contributed by atoms with Crippen molar-refractivity contribution in [2.75, 3.05) is 0 Å². The minimum Gasteiger partial charge on any atom is -0.481 e. The lowest BCUT2D eigenvalue weighted by Gasteiger charge is -2.27. The first-order chi connectivity index (χ1) is 12.9. The highest BCUT2D eigenvalue weighted by atomic mass is 16.5. The van der Waals surface area contributed by atoms with E-state index in [4.69, 9.17) is 4.74 Å². The van der Waals surface area contributed by atoms with Crippen molar-refractivity contribution >= 4 is 23.8 Å². The predicted molar refractivity (Wildman–Crippen MR) is 101 cm³/mol. The molecule has 1 saturated carbocycles. The van der Waals surface area contributed by atoms with Gasteiger partial charge in [0.1, 0.15) is 6.10 Å². The molecule has 1 aromatic rings. The van der Waals surface area contributed by atoms with Gasteiger partial charge in [0.05, 0.1) is 11.8 Å². The maximum Gasteiger partial charge on any atom is 0.310 e. The Morgan fingerprint density at radius 2 is 1.85 bits per heavy atom. The van der Waals surface area contributed by atoms with Crippen molar-refractivity contribution in [2.24, 2.45) is 11.8 Å². The summed E-state index contributed by atoms with van der Waals surface area (Å²) >= 11 is 0. The van der Waals surface area contributed by atoms with Crippen LogP contribution in [0.25, 0.3) is 6.08 Å². The van der Waals surface area contributed by atoms with Crippen LogP contribution < -0.4 is 0 Å². The van der Waals surface area contributed by atoms with Crippen LogP contribution in [0.2, 0.25) is 0 Å². The molecule has 3 rings (SSSR count). The van der Waals surface area contributed by atoms with E-state index in [1.165, 1.54) is 6.08 Å². The lowest BCUT2D eigenvalue weighted by molar-refractivity contribution is -0.161. The van der Waals surface area contributed by atoms with Gasteiger partial charge < -0.3 is 9.84 Å². The largest absolute Gasteiger partial charge is 0.481 e. The molecule has 2 aliphatic rings. The molecule has 1 aromatic carbocycles. The van der Waals surface area contributed by atoms with Crippen LogP contribution in [0.3, 0.4) is 0 Å². The Hall–Kier alpha value is -2.69. The second-order valence-corrected chi connectivity index (χ2v) is 7.38. The van der Waals surface area contributed by atoms with Gasteiger partial charge >= 0.3 is 11.9 Å². The van der Waals surface area contributed by atoms with Crippen molar-refractivity contribution in [1.82, 2.24) is 0 Å². The Balaban J connectivity index is 1.79. The Labute approximate surface area is 158 Å². The minimum atomic E-state index is -0.958. The number of esters is 1. The van der Waals surface area contributed by atoms with Crippen LogP contribution in [-0.2, 0) is 19.1 Å². The molecule has 0 aliphatic heterocycles. The van der Waals surface area contributed by atoms with Crippen LogP contribution in [0, 0.1) is 25.7 Å². The zero-order valence-corrected chi connectivity index (χ0v) is 15.6. The van der Waals surface area contributed by atoms with E-state index in [0.717, 1.165) is 29.5 Å². The minimum absolute atomic E-state index is 0.189. The Kier molecular flexibility index (Phi) is 5.59. The van der Waals surface area contributed by atoms with E-state index in [1.54, 1.807) is 12.2 Å². The van der Waals surface area contributed by atoms with Gasteiger partial charge in [0, 0.05) is 5.57 Å². The molecule has 5 heteroatoms. The highest BCUT2D eigenvalue weighted by Crippen LogP contribution is 2.33. The second-order valence-electron chi connectivity index (χ2n) is 7.38. The highest BCUT2D eigenvalue weighted by molar-refractivity contribution is 6.11. The Morgan fingerprint density at radius 3 is 2.52 bits per heavy atom. The van der Waals surface area contributed by atoms with Crippen LogP contribution in [-0.4, -0.2) is 28.9 Å². The number of aryl methyl sites for hydroxylation is 2. The topological polar surface area (TPSA) is 80.7 Å². The fraction of sp³-hybridized carbons (Fsp3) is 0.409. The molecule has 142 valence electrons. The van der Waals surface area contributed by atoms with E-state index in [2.05, 4.69) is 0 Å². The van der Waals surface area contributed by atoms with Crippen LogP contribution in [0.1, 0.15) is 42.4 Å². The Bertz CT molecular complexity index is 833. The van der Waals surface area contributed by atoms with Crippen molar-refractivity contribution in [2.45, 2.75) is 45.6 Å². The van der Waals surface area contributed by atoms with Gasteiger partial charge in [0.15, 0.2) is 5.78 Å². The van der Waals surface area contributed by atoms with E-state index in [-0.39, 0.29) is 5.78 Å². The molecular weight excluding hydrogens is 344 g/mol. The summed E-state index contributed by atoms with van der Waals surface area (Å²) in [6.07, 6.45) is 6.58. The maximum absolute atomic E-state index is 12.6. The molecule has 5 nitrogen and oxygen atoms in total. The average molecular weight is 368 g/mol. The molecule has 0 radical (unpaired) electrons. The number of ether oxygens (including phenoxy) is 1. The molecule has 0 aromatic heterocycles. The number of benzene rings is 1. The highest BCUT2D eigenvalue weighted by Gasteiger charge is 2.38. The average Bonchev–Trinajstić information content (AvgIpc) is 2.97. The fourth-order valence-corrected chi connectivity index (χ4v) is 3.85. The van der Waals surface area contributed by atoms with Crippen LogP contribution in [0.15, 0.2) is 35.9 Å². The zero-order chi connectivity index (χ0) is 19.6. The summed E-state index contributed by atoms with van der Waals surface area (Å²) in [5, 5.41) is 9.37. The number of carbonyl (C=O) groups is 3. The number of hydrogen-bond acceptors (Lipinski definition) is 4. The van der Waals surface area contributed by atoms with Crippen LogP contribution >= 0.6 is 0 Å². The van der Waals surface area contributed by atoms with E-state index < -0.39 is 29.9 Å². The third kappa shape index (κ3) is 4.18.